The largest absolute Gasteiger partial charge is 0.404 e. The third kappa shape index (κ3) is 7.72. The van der Waals surface area contributed by atoms with E-state index in [1.807, 2.05) is 13.8 Å². The van der Waals surface area contributed by atoms with Crippen molar-refractivity contribution in [3.8, 4) is 0 Å². The van der Waals surface area contributed by atoms with Gasteiger partial charge in [-0.25, -0.2) is 4.18 Å². The van der Waals surface area contributed by atoms with Crippen molar-refractivity contribution >= 4 is 10.4 Å². The minimum absolute atomic E-state index is 0.0752. The molecule has 0 aliphatic carbocycles. The summed E-state index contributed by atoms with van der Waals surface area (Å²) in [5.74, 6) is 0. The molecule has 0 heterocycles. The number of hydrogen-bond acceptors (Lipinski definition) is 4. The summed E-state index contributed by atoms with van der Waals surface area (Å²) in [6, 6.07) is 0. The van der Waals surface area contributed by atoms with E-state index in [4.69, 9.17) is 4.18 Å². The van der Waals surface area contributed by atoms with Gasteiger partial charge in [0, 0.05) is 12.8 Å². The van der Waals surface area contributed by atoms with Crippen molar-refractivity contribution in [2.45, 2.75) is 46.3 Å². The lowest BCUT2D eigenvalue weighted by Gasteiger charge is -2.21. The molecule has 0 spiro atoms. The zero-order valence-electron chi connectivity index (χ0n) is 10.1. The third-order valence-electron chi connectivity index (χ3n) is 1.83. The summed E-state index contributed by atoms with van der Waals surface area (Å²) < 4.78 is 31.4. The molecule has 94 valence electrons. The van der Waals surface area contributed by atoms with Gasteiger partial charge in [-0.05, 0) is 6.92 Å². The van der Waals surface area contributed by atoms with Crippen molar-refractivity contribution < 1.29 is 22.5 Å². The average Bonchev–Trinajstić information content (AvgIpc) is 2.20. The van der Waals surface area contributed by atoms with Crippen LogP contribution >= 0.6 is 0 Å². The Hall–Kier alpha value is -0.170. The van der Waals surface area contributed by atoms with Gasteiger partial charge in [0.05, 0.1) is 6.61 Å². The van der Waals surface area contributed by atoms with Gasteiger partial charge in [-0.3, -0.25) is 0 Å². The van der Waals surface area contributed by atoms with E-state index in [1.165, 1.54) is 0 Å². The quantitative estimate of drug-likeness (QED) is 0.553. The Labute approximate surface area is 93.3 Å². The van der Waals surface area contributed by atoms with Crippen LogP contribution < -0.4 is 5.73 Å². The number of quaternary nitrogens is 1. The minimum atomic E-state index is -3.88. The van der Waals surface area contributed by atoms with Crippen LogP contribution in [0.15, 0.2) is 0 Å². The Kier molecular flexibility index (Phi) is 9.23. The molecule has 0 bridgehead atoms. The summed E-state index contributed by atoms with van der Waals surface area (Å²) in [6.07, 6.45) is 1.05. The normalized spacial score (nSPS) is 11.9. The Morgan fingerprint density at radius 1 is 1.20 bits per heavy atom. The van der Waals surface area contributed by atoms with Crippen molar-refractivity contribution in [3.05, 3.63) is 6.92 Å². The van der Waals surface area contributed by atoms with Gasteiger partial charge in [0.2, 0.25) is 5.72 Å². The van der Waals surface area contributed by atoms with Gasteiger partial charge in [-0.15, -0.1) is 0 Å². The van der Waals surface area contributed by atoms with Gasteiger partial charge in [0.15, 0.2) is 0 Å². The number of rotatable bonds is 6. The zero-order valence-corrected chi connectivity index (χ0v) is 10.9. The fraction of sp³-hybridized carbons (Fsp3) is 0.889. The molecule has 0 atom stereocenters. The molecule has 0 unspecified atom stereocenters. The van der Waals surface area contributed by atoms with E-state index in [0.717, 1.165) is 0 Å². The molecule has 0 aliphatic rings. The lowest BCUT2D eigenvalue weighted by atomic mass is 10.1. The number of hydrogen-bond donors (Lipinski definition) is 1. The molecular formula is C9H23NO4S. The van der Waals surface area contributed by atoms with E-state index >= 15 is 0 Å². The molecule has 0 aromatic heterocycles. The van der Waals surface area contributed by atoms with Gasteiger partial charge < -0.3 is 12.7 Å². The summed E-state index contributed by atoms with van der Waals surface area (Å²) >= 11 is 0. The van der Waals surface area contributed by atoms with Gasteiger partial charge in [-0.2, -0.15) is 19.5 Å². The molecule has 5 nitrogen and oxygen atoms in total. The van der Waals surface area contributed by atoms with Gasteiger partial charge in [-0.1, -0.05) is 13.8 Å². The second-order valence-electron chi connectivity index (χ2n) is 2.79. The lowest BCUT2D eigenvalue weighted by Crippen LogP contribution is -2.73. The molecule has 0 aliphatic heterocycles. The molecular weight excluding hydrogens is 218 g/mol. The standard InChI is InChI=1S/C7H17NO4S.C2H5/c1-4-7(8,5-2)12-13(9,10)11-6-3;1-2/h4-6,8H2,1-3H3;1H2,2H3/q;-1/p+1. The summed E-state index contributed by atoms with van der Waals surface area (Å²) in [7, 11) is -3.88. The Morgan fingerprint density at radius 2 is 1.60 bits per heavy atom. The smallest absolute Gasteiger partial charge is 0.346 e. The van der Waals surface area contributed by atoms with E-state index in [0.29, 0.717) is 12.8 Å². The van der Waals surface area contributed by atoms with E-state index in [2.05, 4.69) is 16.8 Å². The van der Waals surface area contributed by atoms with Crippen LogP contribution in [-0.2, 0) is 18.8 Å². The Balaban J connectivity index is 0. The van der Waals surface area contributed by atoms with Gasteiger partial charge in [0.1, 0.15) is 0 Å². The van der Waals surface area contributed by atoms with E-state index in [9.17, 15) is 8.42 Å². The topological polar surface area (TPSA) is 80.2 Å². The van der Waals surface area contributed by atoms with Gasteiger partial charge >= 0.3 is 10.4 Å². The highest BCUT2D eigenvalue weighted by Crippen LogP contribution is 2.14. The molecule has 0 radical (unpaired) electrons. The van der Waals surface area contributed by atoms with Gasteiger partial charge in [0.25, 0.3) is 0 Å². The maximum Gasteiger partial charge on any atom is 0.404 e. The second kappa shape index (κ2) is 8.04. The van der Waals surface area contributed by atoms with Crippen molar-refractivity contribution in [3.63, 3.8) is 0 Å². The maximum atomic E-state index is 11.1. The van der Waals surface area contributed by atoms with Crippen molar-refractivity contribution in [2.75, 3.05) is 6.61 Å². The molecule has 0 saturated heterocycles. The maximum absolute atomic E-state index is 11.1. The zero-order chi connectivity index (χ0) is 12.5. The average molecular weight is 241 g/mol. The van der Waals surface area contributed by atoms with Crippen LogP contribution in [0, 0.1) is 6.92 Å². The first kappa shape index (κ1) is 17.2. The molecule has 0 saturated carbocycles. The summed E-state index contributed by atoms with van der Waals surface area (Å²) in [4.78, 5) is 0. The summed E-state index contributed by atoms with van der Waals surface area (Å²) in [5, 5.41) is 0. The first-order chi connectivity index (χ1) is 6.89. The predicted molar refractivity (Wildman–Crippen MR) is 58.9 cm³/mol. The highest BCUT2D eigenvalue weighted by molar-refractivity contribution is 7.81. The van der Waals surface area contributed by atoms with Crippen molar-refractivity contribution in [1.82, 2.24) is 0 Å². The predicted octanol–water partition coefficient (Wildman–Crippen LogP) is 0.883. The molecule has 3 N–H and O–H groups in total. The van der Waals surface area contributed by atoms with E-state index in [-0.39, 0.29) is 6.61 Å². The SMILES string of the molecule is CCOS(=O)(=O)OC([NH3+])(CC)CC.[CH2-]C. The molecule has 6 heteroatoms. The summed E-state index contributed by atoms with van der Waals surface area (Å²) in [5.41, 5.74) is 2.80. The molecule has 0 aromatic carbocycles. The Morgan fingerprint density at radius 3 is 1.87 bits per heavy atom. The highest BCUT2D eigenvalue weighted by Gasteiger charge is 2.33. The molecule has 0 rings (SSSR count). The van der Waals surface area contributed by atoms with Crippen LogP contribution in [0.1, 0.15) is 40.5 Å². The van der Waals surface area contributed by atoms with E-state index < -0.39 is 16.1 Å². The van der Waals surface area contributed by atoms with Crippen LogP contribution in [0.25, 0.3) is 0 Å². The monoisotopic (exact) mass is 241 g/mol. The van der Waals surface area contributed by atoms with Crippen molar-refractivity contribution in [1.29, 1.82) is 0 Å². The lowest BCUT2D eigenvalue weighted by molar-refractivity contribution is -0.539. The third-order valence-corrected chi connectivity index (χ3v) is 2.91. The van der Waals surface area contributed by atoms with Crippen molar-refractivity contribution in [2.24, 2.45) is 0 Å². The first-order valence-electron chi connectivity index (χ1n) is 5.05. The second-order valence-corrected chi connectivity index (χ2v) is 4.01. The fourth-order valence-electron chi connectivity index (χ4n) is 0.753. The van der Waals surface area contributed by atoms with Crippen LogP contribution in [0.3, 0.4) is 0 Å². The van der Waals surface area contributed by atoms with Crippen LogP contribution in [-0.4, -0.2) is 20.7 Å². The molecule has 0 aromatic rings. The molecule has 15 heavy (non-hydrogen) atoms. The fourth-order valence-corrected chi connectivity index (χ4v) is 1.76. The highest BCUT2D eigenvalue weighted by atomic mass is 32.3. The van der Waals surface area contributed by atoms with E-state index in [1.54, 1.807) is 13.8 Å². The first-order valence-corrected chi connectivity index (χ1v) is 6.38. The summed E-state index contributed by atoms with van der Waals surface area (Å²) in [6.45, 7) is 10.3. The minimum Gasteiger partial charge on any atom is -0.346 e. The Bertz CT molecular complexity index is 234. The van der Waals surface area contributed by atoms with Crippen LogP contribution in [0.4, 0.5) is 0 Å². The molecule has 0 amide bonds. The molecule has 0 fully saturated rings. The van der Waals surface area contributed by atoms with Crippen LogP contribution in [0.2, 0.25) is 0 Å². The van der Waals surface area contributed by atoms with Crippen LogP contribution in [0.5, 0.6) is 0 Å².